The van der Waals surface area contributed by atoms with E-state index in [2.05, 4.69) is 49.9 Å². The number of hydrogen-bond acceptors (Lipinski definition) is 7. The minimum absolute atomic E-state index is 0.252. The average molecular weight is 368 g/mol. The predicted molar refractivity (Wildman–Crippen MR) is 99.1 cm³/mol. The number of ether oxygens (including phenoxy) is 1. The van der Waals surface area contributed by atoms with Gasteiger partial charge in [-0.1, -0.05) is 17.7 Å². The number of nitrogens with zero attached hydrogens (tertiary/aromatic N) is 3. The van der Waals surface area contributed by atoms with E-state index in [-0.39, 0.29) is 12.1 Å². The average Bonchev–Trinajstić information content (AvgIpc) is 3.09. The van der Waals surface area contributed by atoms with E-state index in [0.717, 1.165) is 37.7 Å². The summed E-state index contributed by atoms with van der Waals surface area (Å²) >= 11 is 7.91. The quantitative estimate of drug-likeness (QED) is 0.765. The molecule has 1 aliphatic heterocycles. The Kier molecular flexibility index (Phi) is 5.89. The van der Waals surface area contributed by atoms with Gasteiger partial charge in [0.2, 0.25) is 0 Å². The first-order valence-corrected chi connectivity index (χ1v) is 9.26. The molecular weight excluding hydrogens is 346 g/mol. The molecule has 0 saturated carbocycles. The Morgan fingerprint density at radius 3 is 3.08 bits per heavy atom. The second kappa shape index (κ2) is 8.11. The monoisotopic (exact) mass is 367 g/mol. The molecule has 2 atom stereocenters. The van der Waals surface area contributed by atoms with Crippen LogP contribution in [0.1, 0.15) is 17.8 Å². The summed E-state index contributed by atoms with van der Waals surface area (Å²) in [4.78, 5) is 12.1. The minimum atomic E-state index is 0.252. The molecule has 2 aromatic heterocycles. The second-order valence-electron chi connectivity index (χ2n) is 5.73. The highest BCUT2D eigenvalue weighted by atomic mass is 35.5. The van der Waals surface area contributed by atoms with E-state index in [9.17, 15) is 0 Å². The molecule has 0 bridgehead atoms. The van der Waals surface area contributed by atoms with Gasteiger partial charge in [-0.2, -0.15) is 0 Å². The van der Waals surface area contributed by atoms with Gasteiger partial charge in [-0.15, -0.1) is 11.3 Å². The number of rotatable bonds is 6. The third kappa shape index (κ3) is 3.97. The van der Waals surface area contributed by atoms with Gasteiger partial charge in [0, 0.05) is 31.6 Å². The van der Waals surface area contributed by atoms with E-state index in [4.69, 9.17) is 16.3 Å². The number of aromatic nitrogens is 2. The van der Waals surface area contributed by atoms with Crippen LogP contribution in [0, 0.1) is 0 Å². The fraction of sp³-hybridized carbons (Fsp3) is 0.500. The lowest BCUT2D eigenvalue weighted by Crippen LogP contribution is -2.44. The zero-order valence-electron chi connectivity index (χ0n) is 13.8. The minimum Gasteiger partial charge on any atom is -0.383 e. The fourth-order valence-electron chi connectivity index (χ4n) is 2.93. The van der Waals surface area contributed by atoms with Crippen molar-refractivity contribution in [1.29, 1.82) is 0 Å². The van der Waals surface area contributed by atoms with Gasteiger partial charge in [0.15, 0.2) is 11.0 Å². The van der Waals surface area contributed by atoms with Crippen molar-refractivity contribution in [3.8, 4) is 0 Å². The van der Waals surface area contributed by atoms with Gasteiger partial charge in [0.05, 0.1) is 18.8 Å². The largest absolute Gasteiger partial charge is 0.383 e. The molecule has 1 aliphatic rings. The van der Waals surface area contributed by atoms with Crippen molar-refractivity contribution in [3.63, 3.8) is 0 Å². The standard InChI is InChI=1S/C16H22ClN5OS/c1-11-9-22(5-6-23-11)12(13-4-3-7-24-13)8-19-16-14(18-2)15(17)20-10-21-16/h3-4,7,10-12,18H,5-6,8-9H2,1-2H3,(H,19,20,21). The highest BCUT2D eigenvalue weighted by Gasteiger charge is 2.26. The molecule has 1 saturated heterocycles. The van der Waals surface area contributed by atoms with Gasteiger partial charge in [-0.25, -0.2) is 9.97 Å². The molecule has 8 heteroatoms. The molecule has 1 fully saturated rings. The first kappa shape index (κ1) is 17.4. The van der Waals surface area contributed by atoms with Crippen LogP contribution in [0.5, 0.6) is 0 Å². The van der Waals surface area contributed by atoms with Crippen molar-refractivity contribution in [2.75, 3.05) is 43.9 Å². The van der Waals surface area contributed by atoms with Crippen molar-refractivity contribution in [2.24, 2.45) is 0 Å². The van der Waals surface area contributed by atoms with E-state index in [1.54, 1.807) is 11.3 Å². The molecule has 130 valence electrons. The molecule has 6 nitrogen and oxygen atoms in total. The molecule has 3 heterocycles. The van der Waals surface area contributed by atoms with Crippen LogP contribution in [0.25, 0.3) is 0 Å². The first-order valence-electron chi connectivity index (χ1n) is 8.00. The maximum Gasteiger partial charge on any atom is 0.157 e. The number of morpholine rings is 1. The van der Waals surface area contributed by atoms with Crippen LogP contribution < -0.4 is 10.6 Å². The lowest BCUT2D eigenvalue weighted by atomic mass is 10.1. The van der Waals surface area contributed by atoms with Crippen LogP contribution in [0.15, 0.2) is 23.8 Å². The van der Waals surface area contributed by atoms with E-state index >= 15 is 0 Å². The Hall–Kier alpha value is -1.41. The highest BCUT2D eigenvalue weighted by Crippen LogP contribution is 2.30. The van der Waals surface area contributed by atoms with Crippen molar-refractivity contribution in [1.82, 2.24) is 14.9 Å². The first-order chi connectivity index (χ1) is 11.7. The van der Waals surface area contributed by atoms with Gasteiger partial charge < -0.3 is 15.4 Å². The normalized spacial score (nSPS) is 19.9. The van der Waals surface area contributed by atoms with Crippen LogP contribution in [0.3, 0.4) is 0 Å². The summed E-state index contributed by atoms with van der Waals surface area (Å²) in [6, 6.07) is 4.55. The summed E-state index contributed by atoms with van der Waals surface area (Å²) in [5, 5.41) is 9.03. The zero-order chi connectivity index (χ0) is 16.9. The Labute approximate surface area is 151 Å². The summed E-state index contributed by atoms with van der Waals surface area (Å²) in [6.07, 6.45) is 1.73. The highest BCUT2D eigenvalue weighted by molar-refractivity contribution is 7.10. The topological polar surface area (TPSA) is 62.3 Å². The smallest absolute Gasteiger partial charge is 0.157 e. The van der Waals surface area contributed by atoms with Gasteiger partial charge in [0.1, 0.15) is 12.0 Å². The van der Waals surface area contributed by atoms with E-state index in [1.165, 1.54) is 11.2 Å². The predicted octanol–water partition coefficient (Wildman–Crippen LogP) is 3.11. The maximum absolute atomic E-state index is 6.13. The van der Waals surface area contributed by atoms with Crippen molar-refractivity contribution < 1.29 is 4.74 Å². The van der Waals surface area contributed by atoms with Crippen LogP contribution >= 0.6 is 22.9 Å². The molecule has 2 aromatic rings. The Morgan fingerprint density at radius 2 is 2.38 bits per heavy atom. The number of anilines is 2. The SMILES string of the molecule is CNc1c(Cl)ncnc1NCC(c1cccs1)N1CCOC(C)C1. The summed E-state index contributed by atoms with van der Waals surface area (Å²) in [5.74, 6) is 0.723. The van der Waals surface area contributed by atoms with Gasteiger partial charge in [0.25, 0.3) is 0 Å². The summed E-state index contributed by atoms with van der Waals surface area (Å²) in [5.41, 5.74) is 0.722. The Balaban J connectivity index is 1.77. The zero-order valence-corrected chi connectivity index (χ0v) is 15.4. The third-order valence-electron chi connectivity index (χ3n) is 4.10. The fourth-order valence-corrected chi connectivity index (χ4v) is 4.02. The Morgan fingerprint density at radius 1 is 1.50 bits per heavy atom. The molecule has 0 aliphatic carbocycles. The lowest BCUT2D eigenvalue weighted by Gasteiger charge is -2.37. The van der Waals surface area contributed by atoms with Crippen LogP contribution in [-0.2, 0) is 4.74 Å². The van der Waals surface area contributed by atoms with Gasteiger partial charge in [-0.05, 0) is 18.4 Å². The molecule has 2 unspecified atom stereocenters. The third-order valence-corrected chi connectivity index (χ3v) is 5.36. The lowest BCUT2D eigenvalue weighted by molar-refractivity contribution is -0.0322. The van der Waals surface area contributed by atoms with E-state index in [1.807, 2.05) is 7.05 Å². The van der Waals surface area contributed by atoms with Gasteiger partial charge in [-0.3, -0.25) is 4.90 Å². The van der Waals surface area contributed by atoms with E-state index in [0.29, 0.717) is 5.15 Å². The second-order valence-corrected chi connectivity index (χ2v) is 7.06. The maximum atomic E-state index is 6.13. The summed E-state index contributed by atoms with van der Waals surface area (Å²) in [6.45, 7) is 5.49. The molecule has 0 aromatic carbocycles. The number of halogens is 1. The molecular formula is C16H22ClN5OS. The van der Waals surface area contributed by atoms with Crippen molar-refractivity contribution in [2.45, 2.75) is 19.1 Å². The molecule has 0 spiro atoms. The van der Waals surface area contributed by atoms with Crippen molar-refractivity contribution in [3.05, 3.63) is 33.9 Å². The number of thiophene rings is 1. The molecule has 24 heavy (non-hydrogen) atoms. The summed E-state index contributed by atoms with van der Waals surface area (Å²) < 4.78 is 5.68. The molecule has 0 amide bonds. The summed E-state index contributed by atoms with van der Waals surface area (Å²) in [7, 11) is 1.82. The molecule has 3 rings (SSSR count). The number of nitrogens with one attached hydrogen (secondary N) is 2. The van der Waals surface area contributed by atoms with E-state index < -0.39 is 0 Å². The van der Waals surface area contributed by atoms with Crippen LogP contribution in [0.4, 0.5) is 11.5 Å². The number of hydrogen-bond donors (Lipinski definition) is 2. The van der Waals surface area contributed by atoms with Crippen molar-refractivity contribution >= 4 is 34.4 Å². The molecule has 2 N–H and O–H groups in total. The van der Waals surface area contributed by atoms with Crippen LogP contribution in [0.2, 0.25) is 5.15 Å². The molecule has 0 radical (unpaired) electrons. The van der Waals surface area contributed by atoms with Gasteiger partial charge >= 0.3 is 0 Å². The van der Waals surface area contributed by atoms with Crippen LogP contribution in [-0.4, -0.2) is 54.3 Å². The Bertz CT molecular complexity index is 654.